The van der Waals surface area contributed by atoms with Gasteiger partial charge < -0.3 is 19.5 Å². The summed E-state index contributed by atoms with van der Waals surface area (Å²) < 4.78 is 16.0. The average molecular weight is 448 g/mol. The highest BCUT2D eigenvalue weighted by Crippen LogP contribution is 2.34. The molecular weight excluding hydrogens is 418 g/mol. The smallest absolute Gasteiger partial charge is 0.348 e. The lowest BCUT2D eigenvalue weighted by Gasteiger charge is -2.08. The van der Waals surface area contributed by atoms with Crippen LogP contribution in [-0.2, 0) is 14.3 Å². The van der Waals surface area contributed by atoms with E-state index < -0.39 is 11.9 Å². The number of aryl methyl sites for hydroxylation is 1. The Labute approximate surface area is 186 Å². The van der Waals surface area contributed by atoms with E-state index in [1.54, 1.807) is 27.7 Å². The summed E-state index contributed by atoms with van der Waals surface area (Å²) in [6.07, 6.45) is 0.407. The number of benzene rings is 1. The maximum atomic E-state index is 12.4. The average Bonchev–Trinajstić information content (AvgIpc) is 3.02. The Morgan fingerprint density at radius 3 is 2.35 bits per heavy atom. The van der Waals surface area contributed by atoms with Gasteiger partial charge in [0, 0.05) is 6.42 Å². The predicted molar refractivity (Wildman–Crippen MR) is 120 cm³/mol. The molecule has 0 aliphatic rings. The van der Waals surface area contributed by atoms with Gasteiger partial charge in [0.25, 0.3) is 0 Å². The first-order valence-corrected chi connectivity index (χ1v) is 11.0. The van der Waals surface area contributed by atoms with Crippen LogP contribution in [0.25, 0.3) is 0 Å². The SMILES string of the molecule is CCOC(=O)c1c(NC(=O)CCCOc2ccc(C)cc2)sc(C(=O)OC(C)C)c1C. The summed E-state index contributed by atoms with van der Waals surface area (Å²) in [6, 6.07) is 7.68. The lowest BCUT2D eigenvalue weighted by atomic mass is 10.1. The zero-order valence-corrected chi connectivity index (χ0v) is 19.4. The van der Waals surface area contributed by atoms with E-state index in [0.29, 0.717) is 18.6 Å². The van der Waals surface area contributed by atoms with Crippen LogP contribution >= 0.6 is 11.3 Å². The predicted octanol–water partition coefficient (Wildman–Crippen LogP) is 4.90. The van der Waals surface area contributed by atoms with Gasteiger partial charge in [0.1, 0.15) is 15.6 Å². The first-order chi connectivity index (χ1) is 14.7. The van der Waals surface area contributed by atoms with E-state index in [2.05, 4.69) is 5.32 Å². The van der Waals surface area contributed by atoms with Crippen molar-refractivity contribution >= 4 is 34.2 Å². The van der Waals surface area contributed by atoms with Crippen LogP contribution in [-0.4, -0.2) is 37.2 Å². The Kier molecular flexibility index (Phi) is 9.05. The maximum Gasteiger partial charge on any atom is 0.348 e. The Balaban J connectivity index is 2.03. The van der Waals surface area contributed by atoms with Crippen molar-refractivity contribution in [3.63, 3.8) is 0 Å². The zero-order valence-electron chi connectivity index (χ0n) is 18.6. The van der Waals surface area contributed by atoms with Crippen LogP contribution in [0.3, 0.4) is 0 Å². The molecule has 0 fully saturated rings. The molecule has 0 atom stereocenters. The third-order valence-corrected chi connectivity index (χ3v) is 5.43. The number of thiophene rings is 1. The number of hydrogen-bond donors (Lipinski definition) is 1. The molecule has 168 valence electrons. The molecule has 1 amide bonds. The standard InChI is InChI=1S/C23H29NO6S/c1-6-28-22(26)19-16(5)20(23(27)30-14(2)3)31-21(19)24-18(25)8-7-13-29-17-11-9-15(4)10-12-17/h9-12,14H,6-8,13H2,1-5H3,(H,24,25). The van der Waals surface area contributed by atoms with Gasteiger partial charge in [-0.15, -0.1) is 11.3 Å². The lowest BCUT2D eigenvalue weighted by molar-refractivity contribution is -0.116. The van der Waals surface area contributed by atoms with Gasteiger partial charge in [0.05, 0.1) is 24.9 Å². The highest BCUT2D eigenvalue weighted by molar-refractivity contribution is 7.18. The van der Waals surface area contributed by atoms with Gasteiger partial charge in [-0.05, 0) is 58.7 Å². The fraction of sp³-hybridized carbons (Fsp3) is 0.435. The molecule has 1 heterocycles. The summed E-state index contributed by atoms with van der Waals surface area (Å²) in [6.45, 7) is 9.40. The van der Waals surface area contributed by atoms with Crippen molar-refractivity contribution in [3.8, 4) is 5.75 Å². The van der Waals surface area contributed by atoms with Crippen molar-refractivity contribution in [2.24, 2.45) is 0 Å². The van der Waals surface area contributed by atoms with Crippen molar-refractivity contribution in [2.75, 3.05) is 18.5 Å². The first kappa shape index (κ1) is 24.4. The number of rotatable bonds is 10. The second-order valence-electron chi connectivity index (χ2n) is 7.25. The van der Waals surface area contributed by atoms with E-state index in [1.807, 2.05) is 31.2 Å². The van der Waals surface area contributed by atoms with Crippen molar-refractivity contribution in [2.45, 2.75) is 53.6 Å². The fourth-order valence-electron chi connectivity index (χ4n) is 2.76. The molecule has 0 aliphatic heterocycles. The van der Waals surface area contributed by atoms with E-state index in [1.165, 1.54) is 0 Å². The van der Waals surface area contributed by atoms with Crippen LogP contribution in [0.15, 0.2) is 24.3 Å². The Hall–Kier alpha value is -2.87. The van der Waals surface area contributed by atoms with Gasteiger partial charge in [-0.25, -0.2) is 9.59 Å². The minimum Gasteiger partial charge on any atom is -0.494 e. The summed E-state index contributed by atoms with van der Waals surface area (Å²) in [4.78, 5) is 37.5. The third kappa shape index (κ3) is 7.10. The summed E-state index contributed by atoms with van der Waals surface area (Å²) in [5.41, 5.74) is 1.77. The summed E-state index contributed by atoms with van der Waals surface area (Å²) in [5, 5.41) is 3.03. The normalized spacial score (nSPS) is 10.6. The number of carbonyl (C=O) groups is 3. The molecule has 0 aliphatic carbocycles. The summed E-state index contributed by atoms with van der Waals surface area (Å²) in [7, 11) is 0. The maximum absolute atomic E-state index is 12.4. The topological polar surface area (TPSA) is 90.9 Å². The molecule has 7 nitrogen and oxygen atoms in total. The van der Waals surface area contributed by atoms with Crippen LogP contribution in [0.1, 0.15) is 64.8 Å². The second kappa shape index (κ2) is 11.5. The van der Waals surface area contributed by atoms with Crippen LogP contribution in [0.5, 0.6) is 5.75 Å². The summed E-state index contributed by atoms with van der Waals surface area (Å²) >= 11 is 1.02. The molecule has 1 N–H and O–H groups in total. The largest absolute Gasteiger partial charge is 0.494 e. The molecule has 1 aromatic carbocycles. The molecular formula is C23H29NO6S. The molecule has 0 radical (unpaired) electrons. The van der Waals surface area contributed by atoms with Gasteiger partial charge >= 0.3 is 11.9 Å². The van der Waals surface area contributed by atoms with E-state index in [4.69, 9.17) is 14.2 Å². The van der Waals surface area contributed by atoms with Crippen LogP contribution in [0.4, 0.5) is 5.00 Å². The molecule has 1 aromatic heterocycles. The minimum absolute atomic E-state index is 0.184. The van der Waals surface area contributed by atoms with E-state index in [9.17, 15) is 14.4 Å². The Morgan fingerprint density at radius 1 is 1.06 bits per heavy atom. The quantitative estimate of drug-likeness (QED) is 0.411. The number of esters is 2. The first-order valence-electron chi connectivity index (χ1n) is 10.2. The van der Waals surface area contributed by atoms with Crippen LogP contribution in [0, 0.1) is 13.8 Å². The minimum atomic E-state index is -0.585. The molecule has 0 saturated heterocycles. The van der Waals surface area contributed by atoms with E-state index in [-0.39, 0.29) is 40.5 Å². The van der Waals surface area contributed by atoms with Gasteiger partial charge in [-0.1, -0.05) is 17.7 Å². The molecule has 0 unspecified atom stereocenters. The number of anilines is 1. The molecule has 0 bridgehead atoms. The van der Waals surface area contributed by atoms with Gasteiger partial charge in [0.15, 0.2) is 0 Å². The number of nitrogens with one attached hydrogen (secondary N) is 1. The molecule has 0 spiro atoms. The van der Waals surface area contributed by atoms with E-state index in [0.717, 1.165) is 22.6 Å². The van der Waals surface area contributed by atoms with Crippen LogP contribution in [0.2, 0.25) is 0 Å². The zero-order chi connectivity index (χ0) is 23.0. The van der Waals surface area contributed by atoms with Crippen molar-refractivity contribution < 1.29 is 28.6 Å². The third-order valence-electron chi connectivity index (χ3n) is 4.25. The highest BCUT2D eigenvalue weighted by atomic mass is 32.1. The van der Waals surface area contributed by atoms with Gasteiger partial charge in [0.2, 0.25) is 5.91 Å². The number of carbonyl (C=O) groups excluding carboxylic acids is 3. The van der Waals surface area contributed by atoms with Gasteiger partial charge in [-0.2, -0.15) is 0 Å². The van der Waals surface area contributed by atoms with Gasteiger partial charge in [-0.3, -0.25) is 4.79 Å². The van der Waals surface area contributed by atoms with Crippen molar-refractivity contribution in [1.29, 1.82) is 0 Å². The molecule has 31 heavy (non-hydrogen) atoms. The molecule has 0 saturated carbocycles. The molecule has 2 aromatic rings. The Bertz CT molecular complexity index is 917. The number of hydrogen-bond acceptors (Lipinski definition) is 7. The second-order valence-corrected chi connectivity index (χ2v) is 8.27. The van der Waals surface area contributed by atoms with Crippen molar-refractivity contribution in [1.82, 2.24) is 0 Å². The van der Waals surface area contributed by atoms with Crippen LogP contribution < -0.4 is 10.1 Å². The summed E-state index contributed by atoms with van der Waals surface area (Å²) in [5.74, 6) is -0.645. The Morgan fingerprint density at radius 2 is 1.74 bits per heavy atom. The van der Waals surface area contributed by atoms with E-state index >= 15 is 0 Å². The molecule has 2 rings (SSSR count). The lowest BCUT2D eigenvalue weighted by Crippen LogP contribution is -2.15. The highest BCUT2D eigenvalue weighted by Gasteiger charge is 2.27. The number of ether oxygens (including phenoxy) is 3. The number of amides is 1. The van der Waals surface area contributed by atoms with Crippen molar-refractivity contribution in [3.05, 3.63) is 45.8 Å². The molecule has 8 heteroatoms. The monoisotopic (exact) mass is 447 g/mol. The fourth-order valence-corrected chi connectivity index (χ4v) is 3.85.